The van der Waals surface area contributed by atoms with Crippen molar-refractivity contribution < 1.29 is 9.53 Å². The van der Waals surface area contributed by atoms with Gasteiger partial charge in [0.25, 0.3) is 5.91 Å². The van der Waals surface area contributed by atoms with Gasteiger partial charge in [-0.25, -0.2) is 4.98 Å². The molecule has 0 radical (unpaired) electrons. The standard InChI is InChI=1S/C14H15N5O2S/c1-21-12-9-15-8-11(17-12)13(20)18-19-14(22)16-7-10-5-3-2-4-6-10/h2-6,8-9H,7H2,1H3,(H,18,20)(H2,16,19,22). The van der Waals surface area contributed by atoms with Crippen molar-refractivity contribution >= 4 is 23.2 Å². The molecule has 1 aromatic carbocycles. The monoisotopic (exact) mass is 317 g/mol. The maximum absolute atomic E-state index is 11.9. The number of ether oxygens (including phenoxy) is 1. The number of hydrazine groups is 1. The first-order chi connectivity index (χ1) is 10.7. The molecule has 0 spiro atoms. The van der Waals surface area contributed by atoms with Crippen LogP contribution in [0.3, 0.4) is 0 Å². The number of aromatic nitrogens is 2. The Hall–Kier alpha value is -2.74. The highest BCUT2D eigenvalue weighted by Crippen LogP contribution is 2.03. The Morgan fingerprint density at radius 1 is 1.23 bits per heavy atom. The number of methoxy groups -OCH3 is 1. The molecule has 0 aliphatic carbocycles. The van der Waals surface area contributed by atoms with Gasteiger partial charge < -0.3 is 10.1 Å². The van der Waals surface area contributed by atoms with Crippen molar-refractivity contribution in [2.75, 3.05) is 7.11 Å². The van der Waals surface area contributed by atoms with Gasteiger partial charge in [0.2, 0.25) is 5.88 Å². The van der Waals surface area contributed by atoms with Crippen LogP contribution in [0.4, 0.5) is 0 Å². The fourth-order valence-corrected chi connectivity index (χ4v) is 1.68. The summed E-state index contributed by atoms with van der Waals surface area (Å²) in [6.45, 7) is 0.557. The number of hydrogen-bond acceptors (Lipinski definition) is 5. The summed E-state index contributed by atoms with van der Waals surface area (Å²) in [6.07, 6.45) is 2.75. The van der Waals surface area contributed by atoms with Crippen molar-refractivity contribution in [3.63, 3.8) is 0 Å². The fraction of sp³-hybridized carbons (Fsp3) is 0.143. The largest absolute Gasteiger partial charge is 0.480 e. The van der Waals surface area contributed by atoms with Crippen LogP contribution in [0.5, 0.6) is 5.88 Å². The predicted octanol–water partition coefficient (Wildman–Crippen LogP) is 0.794. The minimum absolute atomic E-state index is 0.123. The van der Waals surface area contributed by atoms with Crippen molar-refractivity contribution in [2.24, 2.45) is 0 Å². The Morgan fingerprint density at radius 3 is 2.73 bits per heavy atom. The molecule has 0 aliphatic rings. The van der Waals surface area contributed by atoms with E-state index in [1.807, 2.05) is 30.3 Å². The zero-order valence-corrected chi connectivity index (χ0v) is 12.7. The van der Waals surface area contributed by atoms with E-state index >= 15 is 0 Å². The molecule has 8 heteroatoms. The molecule has 0 atom stereocenters. The van der Waals surface area contributed by atoms with E-state index in [0.29, 0.717) is 11.7 Å². The lowest BCUT2D eigenvalue weighted by atomic mass is 10.2. The molecule has 0 unspecified atom stereocenters. The van der Waals surface area contributed by atoms with Crippen molar-refractivity contribution in [3.05, 3.63) is 54.0 Å². The smallest absolute Gasteiger partial charge is 0.290 e. The molecule has 0 saturated carbocycles. The van der Waals surface area contributed by atoms with Gasteiger partial charge in [-0.15, -0.1) is 0 Å². The number of hydrogen-bond donors (Lipinski definition) is 3. The molecule has 22 heavy (non-hydrogen) atoms. The summed E-state index contributed by atoms with van der Waals surface area (Å²) in [5, 5.41) is 3.27. The van der Waals surface area contributed by atoms with Crippen LogP contribution in [0, 0.1) is 0 Å². The van der Waals surface area contributed by atoms with Crippen LogP contribution in [0.25, 0.3) is 0 Å². The van der Waals surface area contributed by atoms with E-state index in [-0.39, 0.29) is 11.6 Å². The summed E-state index contributed by atoms with van der Waals surface area (Å²) >= 11 is 5.07. The maximum Gasteiger partial charge on any atom is 0.290 e. The highest BCUT2D eigenvalue weighted by molar-refractivity contribution is 7.80. The van der Waals surface area contributed by atoms with Gasteiger partial charge in [-0.05, 0) is 17.8 Å². The summed E-state index contributed by atoms with van der Waals surface area (Å²) in [5.74, 6) is -0.201. The number of amides is 1. The van der Waals surface area contributed by atoms with Crippen LogP contribution >= 0.6 is 12.2 Å². The van der Waals surface area contributed by atoms with Gasteiger partial charge in [0, 0.05) is 6.54 Å². The highest BCUT2D eigenvalue weighted by Gasteiger charge is 2.09. The number of nitrogens with one attached hydrogen (secondary N) is 3. The second-order valence-corrected chi connectivity index (χ2v) is 4.60. The molecule has 1 heterocycles. The summed E-state index contributed by atoms with van der Waals surface area (Å²) < 4.78 is 4.91. The van der Waals surface area contributed by atoms with Crippen molar-refractivity contribution in [1.82, 2.24) is 26.1 Å². The molecule has 7 nitrogen and oxygen atoms in total. The first-order valence-corrected chi connectivity index (χ1v) is 6.84. The van der Waals surface area contributed by atoms with Crippen LogP contribution < -0.4 is 20.9 Å². The minimum Gasteiger partial charge on any atom is -0.480 e. The number of thiocarbonyl (C=S) groups is 1. The van der Waals surface area contributed by atoms with Gasteiger partial charge in [-0.1, -0.05) is 30.3 Å². The van der Waals surface area contributed by atoms with E-state index in [1.54, 1.807) is 0 Å². The topological polar surface area (TPSA) is 88.2 Å². The van der Waals surface area contributed by atoms with Crippen molar-refractivity contribution in [1.29, 1.82) is 0 Å². The van der Waals surface area contributed by atoms with E-state index in [1.165, 1.54) is 19.5 Å². The SMILES string of the molecule is COc1cncc(C(=O)NNC(=S)NCc2ccccc2)n1. The molecule has 114 valence electrons. The van der Waals surface area contributed by atoms with E-state index in [2.05, 4.69) is 26.1 Å². The third-order valence-electron chi connectivity index (χ3n) is 2.64. The fourth-order valence-electron chi connectivity index (χ4n) is 1.56. The molecule has 1 aromatic heterocycles. The zero-order chi connectivity index (χ0) is 15.8. The Morgan fingerprint density at radius 2 is 2.00 bits per heavy atom. The van der Waals surface area contributed by atoms with Crippen molar-refractivity contribution in [3.8, 4) is 5.88 Å². The van der Waals surface area contributed by atoms with Crippen LogP contribution in [-0.4, -0.2) is 28.1 Å². The van der Waals surface area contributed by atoms with E-state index in [9.17, 15) is 4.79 Å². The number of rotatable bonds is 4. The lowest BCUT2D eigenvalue weighted by Crippen LogP contribution is -2.46. The Bertz CT molecular complexity index is 651. The average molecular weight is 317 g/mol. The number of carbonyl (C=O) groups is 1. The maximum atomic E-state index is 11.9. The molecule has 0 bridgehead atoms. The summed E-state index contributed by atoms with van der Waals surface area (Å²) in [7, 11) is 1.45. The van der Waals surface area contributed by atoms with E-state index in [0.717, 1.165) is 5.56 Å². The molecule has 0 aliphatic heterocycles. The van der Waals surface area contributed by atoms with E-state index < -0.39 is 5.91 Å². The van der Waals surface area contributed by atoms with Crippen LogP contribution in [-0.2, 0) is 6.54 Å². The van der Waals surface area contributed by atoms with Gasteiger partial charge in [0.05, 0.1) is 19.5 Å². The van der Waals surface area contributed by atoms with Gasteiger partial charge in [-0.3, -0.25) is 20.6 Å². The van der Waals surface area contributed by atoms with Crippen LogP contribution in [0.1, 0.15) is 16.1 Å². The van der Waals surface area contributed by atoms with Gasteiger partial charge in [0.1, 0.15) is 0 Å². The second kappa shape index (κ2) is 7.89. The Kier molecular flexibility index (Phi) is 5.61. The summed E-state index contributed by atoms with van der Waals surface area (Å²) in [5.41, 5.74) is 6.24. The molecule has 2 aromatic rings. The number of nitrogens with zero attached hydrogens (tertiary/aromatic N) is 2. The summed E-state index contributed by atoms with van der Waals surface area (Å²) in [6, 6.07) is 9.77. The third-order valence-corrected chi connectivity index (χ3v) is 2.89. The third kappa shape index (κ3) is 4.67. The predicted molar refractivity (Wildman–Crippen MR) is 85.1 cm³/mol. The minimum atomic E-state index is -0.463. The van der Waals surface area contributed by atoms with E-state index in [4.69, 9.17) is 17.0 Å². The Balaban J connectivity index is 1.79. The van der Waals surface area contributed by atoms with Crippen LogP contribution in [0.15, 0.2) is 42.7 Å². The van der Waals surface area contributed by atoms with Gasteiger partial charge >= 0.3 is 0 Å². The number of benzene rings is 1. The number of carbonyl (C=O) groups excluding carboxylic acids is 1. The molecule has 2 rings (SSSR count). The highest BCUT2D eigenvalue weighted by atomic mass is 32.1. The normalized spacial score (nSPS) is 9.68. The summed E-state index contributed by atoms with van der Waals surface area (Å²) in [4.78, 5) is 19.7. The second-order valence-electron chi connectivity index (χ2n) is 4.19. The molecule has 3 N–H and O–H groups in total. The lowest BCUT2D eigenvalue weighted by Gasteiger charge is -2.11. The van der Waals surface area contributed by atoms with Gasteiger partial charge in [0.15, 0.2) is 10.8 Å². The average Bonchev–Trinajstić information content (AvgIpc) is 2.58. The Labute approximate surface area is 133 Å². The molecular formula is C14H15N5O2S. The first kappa shape index (κ1) is 15.6. The van der Waals surface area contributed by atoms with Gasteiger partial charge in [-0.2, -0.15) is 0 Å². The van der Waals surface area contributed by atoms with Crippen molar-refractivity contribution in [2.45, 2.75) is 6.54 Å². The molecule has 0 saturated heterocycles. The molecule has 0 fully saturated rings. The molecular weight excluding hydrogens is 302 g/mol. The lowest BCUT2D eigenvalue weighted by molar-refractivity contribution is 0.0937. The first-order valence-electron chi connectivity index (χ1n) is 6.43. The zero-order valence-electron chi connectivity index (χ0n) is 11.9. The molecule has 1 amide bonds. The van der Waals surface area contributed by atoms with Crippen LogP contribution in [0.2, 0.25) is 0 Å². The quantitative estimate of drug-likeness (QED) is 0.567.